The molecular formula is C23H24N4O2. The molecule has 1 unspecified atom stereocenters. The summed E-state index contributed by atoms with van der Waals surface area (Å²) in [5, 5.41) is 12.6. The molecule has 29 heavy (non-hydrogen) atoms. The zero-order chi connectivity index (χ0) is 20.2. The van der Waals surface area contributed by atoms with E-state index in [1.807, 2.05) is 25.2 Å². The van der Waals surface area contributed by atoms with Crippen LogP contribution in [-0.2, 0) is 6.42 Å². The van der Waals surface area contributed by atoms with Crippen LogP contribution in [0.3, 0.4) is 0 Å². The van der Waals surface area contributed by atoms with Crippen molar-refractivity contribution >= 4 is 23.2 Å². The highest BCUT2D eigenvalue weighted by Crippen LogP contribution is 2.33. The second-order valence-corrected chi connectivity index (χ2v) is 7.30. The maximum atomic E-state index is 11.4. The second-order valence-electron chi connectivity index (χ2n) is 7.30. The third-order valence-electron chi connectivity index (χ3n) is 5.48. The Labute approximate surface area is 170 Å². The molecule has 0 fully saturated rings. The molecule has 0 spiro atoms. The lowest BCUT2D eigenvalue weighted by Crippen LogP contribution is -2.21. The van der Waals surface area contributed by atoms with Crippen molar-refractivity contribution in [3.05, 3.63) is 77.7 Å². The number of fused-ring (bicyclic) bond motifs is 1. The predicted octanol–water partition coefficient (Wildman–Crippen LogP) is 4.47. The number of hydrogen-bond donors (Lipinski definition) is 2. The fourth-order valence-corrected chi connectivity index (χ4v) is 3.88. The van der Waals surface area contributed by atoms with Gasteiger partial charge in [0.1, 0.15) is 5.82 Å². The van der Waals surface area contributed by atoms with Crippen molar-refractivity contribution < 1.29 is 9.90 Å². The van der Waals surface area contributed by atoms with Crippen molar-refractivity contribution in [3.63, 3.8) is 0 Å². The highest BCUT2D eigenvalue weighted by atomic mass is 16.4. The highest BCUT2D eigenvalue weighted by Gasteiger charge is 2.23. The smallest absolute Gasteiger partial charge is 0.337 e. The van der Waals surface area contributed by atoms with Gasteiger partial charge in [-0.3, -0.25) is 4.98 Å². The summed E-state index contributed by atoms with van der Waals surface area (Å²) in [7, 11) is 2.03. The minimum absolute atomic E-state index is 0.244. The van der Waals surface area contributed by atoms with E-state index < -0.39 is 5.97 Å². The van der Waals surface area contributed by atoms with E-state index in [0.29, 0.717) is 18.2 Å². The van der Waals surface area contributed by atoms with Crippen LogP contribution in [0.15, 0.2) is 60.9 Å². The molecule has 2 aromatic heterocycles. The molecule has 1 aliphatic rings. The van der Waals surface area contributed by atoms with E-state index in [2.05, 4.69) is 39.5 Å². The molecule has 3 aromatic rings. The zero-order valence-corrected chi connectivity index (χ0v) is 16.4. The number of nitrogens with zero attached hydrogens (tertiary/aromatic N) is 3. The van der Waals surface area contributed by atoms with Crippen molar-refractivity contribution in [3.8, 4) is 0 Å². The fourth-order valence-electron chi connectivity index (χ4n) is 3.88. The molecule has 148 valence electrons. The number of carbonyl (C=O) groups is 1. The van der Waals surface area contributed by atoms with Gasteiger partial charge < -0.3 is 15.3 Å². The van der Waals surface area contributed by atoms with Gasteiger partial charge in [-0.2, -0.15) is 0 Å². The zero-order valence-electron chi connectivity index (χ0n) is 16.4. The van der Waals surface area contributed by atoms with E-state index in [1.165, 1.54) is 17.8 Å². The van der Waals surface area contributed by atoms with Crippen molar-refractivity contribution in [2.45, 2.75) is 25.2 Å². The monoisotopic (exact) mass is 388 g/mol. The van der Waals surface area contributed by atoms with Crippen LogP contribution in [0.1, 0.15) is 40.4 Å². The molecule has 0 saturated heterocycles. The van der Waals surface area contributed by atoms with E-state index >= 15 is 0 Å². The Hall–Kier alpha value is -3.41. The Morgan fingerprint density at radius 1 is 1.21 bits per heavy atom. The fraction of sp³-hybridized carbons (Fsp3) is 0.261. The lowest BCUT2D eigenvalue weighted by molar-refractivity contribution is 0.0698. The number of anilines is 3. The first-order valence-electron chi connectivity index (χ1n) is 9.83. The quantitative estimate of drug-likeness (QED) is 0.648. The number of benzene rings is 1. The Morgan fingerprint density at radius 2 is 2.03 bits per heavy atom. The molecule has 1 aliphatic carbocycles. The number of pyridine rings is 2. The average molecular weight is 388 g/mol. The van der Waals surface area contributed by atoms with Gasteiger partial charge in [0.25, 0.3) is 0 Å². The van der Waals surface area contributed by atoms with Crippen LogP contribution in [0.25, 0.3) is 0 Å². The molecule has 0 bridgehead atoms. The van der Waals surface area contributed by atoms with Crippen LogP contribution in [0.4, 0.5) is 17.2 Å². The summed E-state index contributed by atoms with van der Waals surface area (Å²) < 4.78 is 0. The number of nitrogens with one attached hydrogen (secondary N) is 1. The van der Waals surface area contributed by atoms with Crippen LogP contribution < -0.4 is 10.2 Å². The largest absolute Gasteiger partial charge is 0.478 e. The summed E-state index contributed by atoms with van der Waals surface area (Å²) in [6.45, 7) is 0.661. The highest BCUT2D eigenvalue weighted by molar-refractivity contribution is 5.93. The SMILES string of the molecule is CN(c1ccccc1)c1ccc2c(n1)CCCC2CNc1cnccc1C(=O)O. The van der Waals surface area contributed by atoms with Crippen LogP contribution in [0, 0.1) is 0 Å². The van der Waals surface area contributed by atoms with Gasteiger partial charge in [0, 0.05) is 37.1 Å². The minimum atomic E-state index is -0.950. The van der Waals surface area contributed by atoms with Crippen LogP contribution in [0.5, 0.6) is 0 Å². The van der Waals surface area contributed by atoms with Gasteiger partial charge in [-0.1, -0.05) is 24.3 Å². The van der Waals surface area contributed by atoms with Crippen molar-refractivity contribution in [2.75, 3.05) is 23.8 Å². The summed E-state index contributed by atoms with van der Waals surface area (Å²) in [4.78, 5) is 22.5. The summed E-state index contributed by atoms with van der Waals surface area (Å²) in [6.07, 6.45) is 6.17. The number of carboxylic acid groups (broad SMARTS) is 1. The number of aromatic nitrogens is 2. The lowest BCUT2D eigenvalue weighted by Gasteiger charge is -2.27. The Kier molecular flexibility index (Phi) is 5.42. The summed E-state index contributed by atoms with van der Waals surface area (Å²) in [5.74, 6) is 0.280. The van der Waals surface area contributed by atoms with Gasteiger partial charge in [0.15, 0.2) is 0 Å². The number of para-hydroxylation sites is 1. The van der Waals surface area contributed by atoms with Crippen molar-refractivity contribution in [1.82, 2.24) is 9.97 Å². The maximum absolute atomic E-state index is 11.4. The van der Waals surface area contributed by atoms with Crippen LogP contribution in [0.2, 0.25) is 0 Å². The van der Waals surface area contributed by atoms with Crippen molar-refractivity contribution in [2.24, 2.45) is 0 Å². The molecule has 0 aliphatic heterocycles. The third-order valence-corrected chi connectivity index (χ3v) is 5.48. The molecular weight excluding hydrogens is 364 g/mol. The van der Waals surface area contributed by atoms with Gasteiger partial charge in [-0.05, 0) is 49.1 Å². The number of rotatable bonds is 6. The summed E-state index contributed by atoms with van der Waals surface area (Å²) >= 11 is 0. The number of carboxylic acids is 1. The molecule has 0 radical (unpaired) electrons. The maximum Gasteiger partial charge on any atom is 0.337 e. The standard InChI is InChI=1S/C23H24N4O2/c1-27(17-7-3-2-4-8-17)22-11-10-18-16(6-5-9-20(18)26-22)14-25-21-15-24-13-12-19(21)23(28)29/h2-4,7-8,10-13,15-16,25H,5-6,9,14H2,1H3,(H,28,29). The van der Waals surface area contributed by atoms with E-state index in [1.54, 1.807) is 6.20 Å². The first kappa shape index (κ1) is 18.9. The lowest BCUT2D eigenvalue weighted by atomic mass is 9.85. The minimum Gasteiger partial charge on any atom is -0.478 e. The second kappa shape index (κ2) is 8.31. The molecule has 0 amide bonds. The molecule has 6 heteroatoms. The number of aromatic carboxylic acids is 1. The molecule has 2 heterocycles. The third kappa shape index (κ3) is 4.06. The van der Waals surface area contributed by atoms with Gasteiger partial charge in [-0.25, -0.2) is 9.78 Å². The normalized spacial score (nSPS) is 15.4. The average Bonchev–Trinajstić information content (AvgIpc) is 2.77. The topological polar surface area (TPSA) is 78.4 Å². The van der Waals surface area contributed by atoms with Crippen molar-refractivity contribution in [1.29, 1.82) is 0 Å². The summed E-state index contributed by atoms with van der Waals surface area (Å²) in [6, 6.07) is 16.0. The Bertz CT molecular complexity index is 1010. The predicted molar refractivity (Wildman–Crippen MR) is 114 cm³/mol. The molecule has 4 rings (SSSR count). The van der Waals surface area contributed by atoms with Crippen LogP contribution in [-0.4, -0.2) is 34.6 Å². The van der Waals surface area contributed by atoms with E-state index in [0.717, 1.165) is 36.5 Å². The Morgan fingerprint density at radius 3 is 2.83 bits per heavy atom. The van der Waals surface area contributed by atoms with Crippen LogP contribution >= 0.6 is 0 Å². The molecule has 2 N–H and O–H groups in total. The van der Waals surface area contributed by atoms with E-state index in [-0.39, 0.29) is 5.56 Å². The number of hydrogen-bond acceptors (Lipinski definition) is 5. The number of aryl methyl sites for hydroxylation is 1. The summed E-state index contributed by atoms with van der Waals surface area (Å²) in [5.41, 5.74) is 4.28. The molecule has 6 nitrogen and oxygen atoms in total. The first-order chi connectivity index (χ1) is 14.1. The van der Waals surface area contributed by atoms with Gasteiger partial charge in [0.2, 0.25) is 0 Å². The van der Waals surface area contributed by atoms with Gasteiger partial charge in [-0.15, -0.1) is 0 Å². The first-order valence-corrected chi connectivity index (χ1v) is 9.83. The molecule has 0 saturated carbocycles. The van der Waals surface area contributed by atoms with Gasteiger partial charge in [0.05, 0.1) is 17.4 Å². The van der Waals surface area contributed by atoms with E-state index in [4.69, 9.17) is 4.98 Å². The molecule has 1 atom stereocenters. The van der Waals surface area contributed by atoms with E-state index in [9.17, 15) is 9.90 Å². The van der Waals surface area contributed by atoms with Gasteiger partial charge >= 0.3 is 5.97 Å². The Balaban J connectivity index is 1.53. The molecule has 1 aromatic carbocycles.